The summed E-state index contributed by atoms with van der Waals surface area (Å²) >= 11 is 0. The van der Waals surface area contributed by atoms with Crippen LogP contribution in [-0.4, -0.2) is 40.1 Å². The summed E-state index contributed by atoms with van der Waals surface area (Å²) in [5.41, 5.74) is 0.878. The number of carbonyl (C=O) groups excluding carboxylic acids is 1. The molecule has 6 heteroatoms. The van der Waals surface area contributed by atoms with Crippen LogP contribution in [0.15, 0.2) is 24.5 Å². The van der Waals surface area contributed by atoms with Gasteiger partial charge in [-0.05, 0) is 11.6 Å². The SMILES string of the molecule is O=C(O)CN1CC(c2cccnc2)NC1=O. The molecule has 84 valence electrons. The summed E-state index contributed by atoms with van der Waals surface area (Å²) in [6, 6.07) is 3.10. The Hall–Kier alpha value is -2.11. The average molecular weight is 221 g/mol. The molecule has 6 nitrogen and oxygen atoms in total. The van der Waals surface area contributed by atoms with Crippen LogP contribution in [0.1, 0.15) is 11.6 Å². The van der Waals surface area contributed by atoms with Crippen LogP contribution in [0.2, 0.25) is 0 Å². The first kappa shape index (κ1) is 10.4. The molecule has 1 aliphatic rings. The molecule has 0 aliphatic carbocycles. The lowest BCUT2D eigenvalue weighted by Crippen LogP contribution is -2.32. The zero-order valence-corrected chi connectivity index (χ0v) is 8.46. The van der Waals surface area contributed by atoms with E-state index in [4.69, 9.17) is 5.11 Å². The maximum absolute atomic E-state index is 11.4. The Bertz CT molecular complexity index is 407. The van der Waals surface area contributed by atoms with Gasteiger partial charge in [0.25, 0.3) is 0 Å². The minimum absolute atomic E-state index is 0.180. The molecule has 0 bridgehead atoms. The Morgan fingerprint density at radius 2 is 2.50 bits per heavy atom. The van der Waals surface area contributed by atoms with Gasteiger partial charge in [-0.3, -0.25) is 9.78 Å². The summed E-state index contributed by atoms with van der Waals surface area (Å²) in [4.78, 5) is 27.2. The Morgan fingerprint density at radius 1 is 1.69 bits per heavy atom. The van der Waals surface area contributed by atoms with Crippen molar-refractivity contribution in [3.05, 3.63) is 30.1 Å². The van der Waals surface area contributed by atoms with Crippen LogP contribution < -0.4 is 5.32 Å². The van der Waals surface area contributed by atoms with E-state index in [1.54, 1.807) is 18.5 Å². The maximum atomic E-state index is 11.4. The second-order valence-corrected chi connectivity index (χ2v) is 3.56. The number of aliphatic carboxylic acids is 1. The molecule has 0 spiro atoms. The molecule has 1 atom stereocenters. The molecule has 2 heterocycles. The van der Waals surface area contributed by atoms with Crippen LogP contribution in [0.4, 0.5) is 4.79 Å². The van der Waals surface area contributed by atoms with Gasteiger partial charge in [-0.2, -0.15) is 0 Å². The van der Waals surface area contributed by atoms with E-state index in [0.717, 1.165) is 5.56 Å². The van der Waals surface area contributed by atoms with E-state index in [9.17, 15) is 9.59 Å². The standard InChI is InChI=1S/C10H11N3O3/c14-9(15)6-13-5-8(12-10(13)16)7-2-1-3-11-4-7/h1-4,8H,5-6H2,(H,12,16)(H,14,15). The number of amides is 2. The number of nitrogens with zero attached hydrogens (tertiary/aromatic N) is 2. The van der Waals surface area contributed by atoms with Crippen molar-refractivity contribution < 1.29 is 14.7 Å². The van der Waals surface area contributed by atoms with Crippen LogP contribution >= 0.6 is 0 Å². The minimum atomic E-state index is -1.01. The second-order valence-electron chi connectivity index (χ2n) is 3.56. The van der Waals surface area contributed by atoms with E-state index in [1.807, 2.05) is 6.07 Å². The minimum Gasteiger partial charge on any atom is -0.480 e. The molecule has 2 N–H and O–H groups in total. The first-order valence-corrected chi connectivity index (χ1v) is 4.84. The average Bonchev–Trinajstić information content (AvgIpc) is 2.61. The molecule has 1 aromatic rings. The van der Waals surface area contributed by atoms with Gasteiger partial charge >= 0.3 is 12.0 Å². The topological polar surface area (TPSA) is 82.5 Å². The van der Waals surface area contributed by atoms with Gasteiger partial charge in [0.15, 0.2) is 0 Å². The third-order valence-corrected chi connectivity index (χ3v) is 2.40. The van der Waals surface area contributed by atoms with Crippen molar-refractivity contribution in [1.82, 2.24) is 15.2 Å². The van der Waals surface area contributed by atoms with E-state index in [2.05, 4.69) is 10.3 Å². The zero-order valence-electron chi connectivity index (χ0n) is 8.46. The highest BCUT2D eigenvalue weighted by molar-refractivity contribution is 5.82. The van der Waals surface area contributed by atoms with Crippen molar-refractivity contribution in [2.24, 2.45) is 0 Å². The lowest BCUT2D eigenvalue weighted by atomic mass is 10.1. The molecule has 1 aromatic heterocycles. The van der Waals surface area contributed by atoms with E-state index >= 15 is 0 Å². The van der Waals surface area contributed by atoms with E-state index in [-0.39, 0.29) is 18.6 Å². The lowest BCUT2D eigenvalue weighted by Gasteiger charge is -2.11. The lowest BCUT2D eigenvalue weighted by molar-refractivity contribution is -0.137. The smallest absolute Gasteiger partial charge is 0.323 e. The van der Waals surface area contributed by atoms with Crippen molar-refractivity contribution in [3.63, 3.8) is 0 Å². The number of hydrogen-bond acceptors (Lipinski definition) is 3. The first-order chi connectivity index (χ1) is 7.66. The van der Waals surface area contributed by atoms with Gasteiger partial charge in [0.05, 0.1) is 6.04 Å². The maximum Gasteiger partial charge on any atom is 0.323 e. The molecule has 1 fully saturated rings. The number of pyridine rings is 1. The molecular formula is C10H11N3O3. The van der Waals surface area contributed by atoms with Crippen LogP contribution in [0.25, 0.3) is 0 Å². The summed E-state index contributed by atoms with van der Waals surface area (Å²) in [6.45, 7) is 0.0828. The van der Waals surface area contributed by atoms with Gasteiger partial charge in [-0.25, -0.2) is 4.79 Å². The van der Waals surface area contributed by atoms with Gasteiger partial charge in [-0.15, -0.1) is 0 Å². The Labute approximate surface area is 91.9 Å². The number of nitrogens with one attached hydrogen (secondary N) is 1. The van der Waals surface area contributed by atoms with Crippen molar-refractivity contribution in [2.45, 2.75) is 6.04 Å². The van der Waals surface area contributed by atoms with Crippen molar-refractivity contribution in [2.75, 3.05) is 13.1 Å². The fraction of sp³-hybridized carbons (Fsp3) is 0.300. The van der Waals surface area contributed by atoms with E-state index < -0.39 is 5.97 Å². The van der Waals surface area contributed by atoms with Crippen LogP contribution in [-0.2, 0) is 4.79 Å². The summed E-state index contributed by atoms with van der Waals surface area (Å²) < 4.78 is 0. The fourth-order valence-corrected chi connectivity index (χ4v) is 1.66. The van der Waals surface area contributed by atoms with Gasteiger partial charge in [0.2, 0.25) is 0 Å². The largest absolute Gasteiger partial charge is 0.480 e. The van der Waals surface area contributed by atoms with Gasteiger partial charge in [0.1, 0.15) is 6.54 Å². The normalized spacial score (nSPS) is 19.6. The van der Waals surface area contributed by atoms with Crippen LogP contribution in [0.5, 0.6) is 0 Å². The summed E-state index contributed by atoms with van der Waals surface area (Å²) in [5.74, 6) is -1.01. The quantitative estimate of drug-likeness (QED) is 0.765. The number of carboxylic acids is 1. The third kappa shape index (κ3) is 2.10. The predicted octanol–water partition coefficient (Wildman–Crippen LogP) is 0.233. The van der Waals surface area contributed by atoms with Crippen molar-refractivity contribution in [3.8, 4) is 0 Å². The third-order valence-electron chi connectivity index (χ3n) is 2.40. The molecule has 0 radical (unpaired) electrons. The molecular weight excluding hydrogens is 210 g/mol. The number of rotatable bonds is 3. The van der Waals surface area contributed by atoms with Crippen molar-refractivity contribution >= 4 is 12.0 Å². The molecule has 0 saturated carbocycles. The fourth-order valence-electron chi connectivity index (χ4n) is 1.66. The van der Waals surface area contributed by atoms with Gasteiger partial charge < -0.3 is 15.3 Å². The van der Waals surface area contributed by atoms with Crippen LogP contribution in [0.3, 0.4) is 0 Å². The summed E-state index contributed by atoms with van der Waals surface area (Å²) in [6.07, 6.45) is 3.31. The number of aromatic nitrogens is 1. The molecule has 2 rings (SSSR count). The Kier molecular flexibility index (Phi) is 2.72. The van der Waals surface area contributed by atoms with Crippen LogP contribution in [0, 0.1) is 0 Å². The second kappa shape index (κ2) is 4.18. The number of hydrogen-bond donors (Lipinski definition) is 2. The van der Waals surface area contributed by atoms with Crippen molar-refractivity contribution in [1.29, 1.82) is 0 Å². The number of carbonyl (C=O) groups is 2. The summed E-state index contributed by atoms with van der Waals surface area (Å²) in [5, 5.41) is 11.3. The molecule has 16 heavy (non-hydrogen) atoms. The highest BCUT2D eigenvalue weighted by Gasteiger charge is 2.30. The number of urea groups is 1. The molecule has 1 aliphatic heterocycles. The highest BCUT2D eigenvalue weighted by Crippen LogP contribution is 2.18. The summed E-state index contributed by atoms with van der Waals surface area (Å²) in [7, 11) is 0. The first-order valence-electron chi connectivity index (χ1n) is 4.84. The van der Waals surface area contributed by atoms with Gasteiger partial charge in [-0.1, -0.05) is 6.07 Å². The molecule has 2 amide bonds. The van der Waals surface area contributed by atoms with E-state index in [1.165, 1.54) is 4.90 Å². The Balaban J connectivity index is 2.07. The highest BCUT2D eigenvalue weighted by atomic mass is 16.4. The van der Waals surface area contributed by atoms with E-state index in [0.29, 0.717) is 6.54 Å². The molecule has 1 saturated heterocycles. The predicted molar refractivity (Wildman–Crippen MR) is 54.7 cm³/mol. The zero-order chi connectivity index (χ0) is 11.5. The Morgan fingerprint density at radius 3 is 3.12 bits per heavy atom. The molecule has 1 unspecified atom stereocenters. The molecule has 0 aromatic carbocycles. The number of carboxylic acid groups (broad SMARTS) is 1. The van der Waals surface area contributed by atoms with Gasteiger partial charge in [0, 0.05) is 18.9 Å². The monoisotopic (exact) mass is 221 g/mol.